The van der Waals surface area contributed by atoms with E-state index in [4.69, 9.17) is 11.0 Å². The topological polar surface area (TPSA) is 66.9 Å². The van der Waals surface area contributed by atoms with Crippen LogP contribution in [0.3, 0.4) is 0 Å². The van der Waals surface area contributed by atoms with E-state index in [1.54, 1.807) is 0 Å². The van der Waals surface area contributed by atoms with Crippen molar-refractivity contribution in [2.24, 2.45) is 11.1 Å². The van der Waals surface area contributed by atoms with Gasteiger partial charge < -0.3 is 5.73 Å². The van der Waals surface area contributed by atoms with Crippen LogP contribution in [0.1, 0.15) is 25.7 Å². The summed E-state index contributed by atoms with van der Waals surface area (Å²) in [5.41, 5.74) is 4.68. The van der Waals surface area contributed by atoms with Crippen LogP contribution in [0.2, 0.25) is 0 Å². The summed E-state index contributed by atoms with van der Waals surface area (Å²) in [5, 5.41) is 8.36. The Hall–Kier alpha value is -1.04. The van der Waals surface area contributed by atoms with Gasteiger partial charge in [0.05, 0.1) is 11.5 Å². The van der Waals surface area contributed by atoms with Crippen molar-refractivity contribution in [1.29, 1.82) is 5.26 Å². The van der Waals surface area contributed by atoms with Crippen LogP contribution in [-0.2, 0) is 4.79 Å². The maximum absolute atomic E-state index is 10.8. The molecule has 1 saturated carbocycles. The Balaban J connectivity index is 2.61. The first-order chi connectivity index (χ1) is 4.71. The predicted molar refractivity (Wildman–Crippen MR) is 35.7 cm³/mol. The Morgan fingerprint density at radius 1 is 1.70 bits per heavy atom. The fourth-order valence-corrected chi connectivity index (χ4v) is 1.27. The lowest BCUT2D eigenvalue weighted by atomic mass is 9.66. The molecule has 0 aromatic carbocycles. The minimum absolute atomic E-state index is 0.294. The third kappa shape index (κ3) is 0.860. The van der Waals surface area contributed by atoms with Gasteiger partial charge in [0.15, 0.2) is 0 Å². The van der Waals surface area contributed by atoms with E-state index in [2.05, 4.69) is 0 Å². The molecule has 0 radical (unpaired) electrons. The SMILES string of the molecule is N#CCC1(C(N)=O)CCC1. The first-order valence-electron chi connectivity index (χ1n) is 3.38. The number of carbonyl (C=O) groups excluding carboxylic acids is 1. The smallest absolute Gasteiger partial charge is 0.224 e. The lowest BCUT2D eigenvalue weighted by molar-refractivity contribution is -0.132. The molecule has 1 rings (SSSR count). The molecule has 0 saturated heterocycles. The maximum Gasteiger partial charge on any atom is 0.224 e. The van der Waals surface area contributed by atoms with E-state index in [1.807, 2.05) is 6.07 Å². The molecule has 1 amide bonds. The molecule has 54 valence electrons. The second-order valence-corrected chi connectivity index (χ2v) is 2.83. The van der Waals surface area contributed by atoms with Gasteiger partial charge in [-0.3, -0.25) is 4.79 Å². The minimum atomic E-state index is -0.450. The van der Waals surface area contributed by atoms with Gasteiger partial charge in [0, 0.05) is 6.42 Å². The molecule has 1 aliphatic rings. The molecule has 0 spiro atoms. The fourth-order valence-electron chi connectivity index (χ4n) is 1.27. The zero-order chi connectivity index (χ0) is 7.61. The first kappa shape index (κ1) is 7.07. The van der Waals surface area contributed by atoms with Crippen molar-refractivity contribution in [3.05, 3.63) is 0 Å². The monoisotopic (exact) mass is 138 g/mol. The van der Waals surface area contributed by atoms with E-state index in [1.165, 1.54) is 0 Å². The van der Waals surface area contributed by atoms with Crippen LogP contribution < -0.4 is 5.73 Å². The number of hydrogen-bond donors (Lipinski definition) is 1. The van der Waals surface area contributed by atoms with E-state index in [9.17, 15) is 4.79 Å². The number of amides is 1. The molecule has 0 aliphatic heterocycles. The quantitative estimate of drug-likeness (QED) is 0.605. The van der Waals surface area contributed by atoms with Crippen molar-refractivity contribution in [1.82, 2.24) is 0 Å². The average molecular weight is 138 g/mol. The summed E-state index contributed by atoms with van der Waals surface area (Å²) in [7, 11) is 0. The van der Waals surface area contributed by atoms with E-state index in [0.717, 1.165) is 19.3 Å². The van der Waals surface area contributed by atoms with E-state index in [0.29, 0.717) is 6.42 Å². The second-order valence-electron chi connectivity index (χ2n) is 2.83. The number of rotatable bonds is 2. The van der Waals surface area contributed by atoms with Crippen molar-refractivity contribution >= 4 is 5.91 Å². The van der Waals surface area contributed by atoms with Crippen LogP contribution in [-0.4, -0.2) is 5.91 Å². The molecule has 3 heteroatoms. The molecule has 0 heterocycles. The van der Waals surface area contributed by atoms with Crippen LogP contribution in [0, 0.1) is 16.7 Å². The van der Waals surface area contributed by atoms with Gasteiger partial charge in [-0.2, -0.15) is 5.26 Å². The highest BCUT2D eigenvalue weighted by atomic mass is 16.1. The van der Waals surface area contributed by atoms with Gasteiger partial charge in [0.25, 0.3) is 0 Å². The molecule has 0 atom stereocenters. The summed E-state index contributed by atoms with van der Waals surface area (Å²) in [4.78, 5) is 10.8. The molecule has 3 nitrogen and oxygen atoms in total. The Bertz CT molecular complexity index is 188. The van der Waals surface area contributed by atoms with Crippen molar-refractivity contribution in [2.45, 2.75) is 25.7 Å². The average Bonchev–Trinajstić information content (AvgIpc) is 1.77. The molecule has 0 bridgehead atoms. The number of hydrogen-bond acceptors (Lipinski definition) is 2. The summed E-state index contributed by atoms with van der Waals surface area (Å²) < 4.78 is 0. The van der Waals surface area contributed by atoms with Crippen LogP contribution in [0.5, 0.6) is 0 Å². The molecule has 0 aromatic heterocycles. The Morgan fingerprint density at radius 2 is 2.30 bits per heavy atom. The number of nitrogens with zero attached hydrogens (tertiary/aromatic N) is 1. The highest BCUT2D eigenvalue weighted by molar-refractivity contribution is 5.82. The van der Waals surface area contributed by atoms with Crippen molar-refractivity contribution < 1.29 is 4.79 Å². The molecular weight excluding hydrogens is 128 g/mol. The van der Waals surface area contributed by atoms with Gasteiger partial charge in [-0.05, 0) is 12.8 Å². The molecule has 2 N–H and O–H groups in total. The summed E-state index contributed by atoms with van der Waals surface area (Å²) in [6.07, 6.45) is 2.93. The van der Waals surface area contributed by atoms with Crippen molar-refractivity contribution in [3.63, 3.8) is 0 Å². The Kier molecular flexibility index (Phi) is 1.62. The predicted octanol–water partition coefficient (Wildman–Crippen LogP) is 0.556. The highest BCUT2D eigenvalue weighted by Crippen LogP contribution is 2.43. The van der Waals surface area contributed by atoms with Gasteiger partial charge in [-0.25, -0.2) is 0 Å². The van der Waals surface area contributed by atoms with Crippen LogP contribution in [0.15, 0.2) is 0 Å². The molecule has 1 aliphatic carbocycles. The minimum Gasteiger partial charge on any atom is -0.369 e. The molecule has 1 fully saturated rings. The lowest BCUT2D eigenvalue weighted by Gasteiger charge is -2.36. The van der Waals surface area contributed by atoms with Gasteiger partial charge in [-0.1, -0.05) is 6.42 Å². The maximum atomic E-state index is 10.8. The molecule has 10 heavy (non-hydrogen) atoms. The first-order valence-corrected chi connectivity index (χ1v) is 3.38. The summed E-state index contributed by atoms with van der Waals surface area (Å²) >= 11 is 0. The Morgan fingerprint density at radius 3 is 2.40 bits per heavy atom. The van der Waals surface area contributed by atoms with E-state index >= 15 is 0 Å². The van der Waals surface area contributed by atoms with E-state index < -0.39 is 5.41 Å². The normalized spacial score (nSPS) is 20.7. The number of nitrogens with two attached hydrogens (primary N) is 1. The van der Waals surface area contributed by atoms with Crippen molar-refractivity contribution in [3.8, 4) is 6.07 Å². The third-order valence-corrected chi connectivity index (χ3v) is 2.25. The van der Waals surface area contributed by atoms with Crippen molar-refractivity contribution in [2.75, 3.05) is 0 Å². The Labute approximate surface area is 59.8 Å². The highest BCUT2D eigenvalue weighted by Gasteiger charge is 2.42. The number of carbonyl (C=O) groups is 1. The van der Waals surface area contributed by atoms with Gasteiger partial charge in [0.2, 0.25) is 5.91 Å². The van der Waals surface area contributed by atoms with Crippen LogP contribution in [0.4, 0.5) is 0 Å². The lowest BCUT2D eigenvalue weighted by Crippen LogP contribution is -2.42. The fraction of sp³-hybridized carbons (Fsp3) is 0.714. The van der Waals surface area contributed by atoms with E-state index in [-0.39, 0.29) is 5.91 Å². The summed E-state index contributed by atoms with van der Waals surface area (Å²) in [5.74, 6) is -0.305. The number of primary amides is 1. The van der Waals surface area contributed by atoms with Crippen LogP contribution in [0.25, 0.3) is 0 Å². The molecule has 0 aromatic rings. The second kappa shape index (κ2) is 2.30. The van der Waals surface area contributed by atoms with Gasteiger partial charge >= 0.3 is 0 Å². The number of nitriles is 1. The molecular formula is C7H10N2O. The van der Waals surface area contributed by atoms with Crippen LogP contribution >= 0.6 is 0 Å². The summed E-state index contributed by atoms with van der Waals surface area (Å²) in [6.45, 7) is 0. The molecule has 0 unspecified atom stereocenters. The van der Waals surface area contributed by atoms with Gasteiger partial charge in [0.1, 0.15) is 0 Å². The largest absolute Gasteiger partial charge is 0.369 e. The zero-order valence-electron chi connectivity index (χ0n) is 5.76. The zero-order valence-corrected chi connectivity index (χ0v) is 5.76. The third-order valence-electron chi connectivity index (χ3n) is 2.25. The summed E-state index contributed by atoms with van der Waals surface area (Å²) in [6, 6.07) is 1.99. The standard InChI is InChI=1S/C7H10N2O/c8-5-4-7(6(9)10)2-1-3-7/h1-4H2,(H2,9,10). The van der Waals surface area contributed by atoms with Gasteiger partial charge in [-0.15, -0.1) is 0 Å².